The molecule has 4 rings (SSSR count). The fourth-order valence-corrected chi connectivity index (χ4v) is 4.03. The molecule has 2 aromatic heterocycles. The lowest BCUT2D eigenvalue weighted by Gasteiger charge is -2.30. The Balaban J connectivity index is 1.44. The van der Waals surface area contributed by atoms with Crippen LogP contribution in [0.4, 0.5) is 0 Å². The third kappa shape index (κ3) is 5.28. The smallest absolute Gasteiger partial charge is 0.331 e. The van der Waals surface area contributed by atoms with Gasteiger partial charge in [-0.3, -0.25) is 4.79 Å². The van der Waals surface area contributed by atoms with Gasteiger partial charge in [-0.05, 0) is 36.6 Å². The largest absolute Gasteiger partial charge is 0.452 e. The summed E-state index contributed by atoms with van der Waals surface area (Å²) in [6.07, 6.45) is 4.86. The maximum Gasteiger partial charge on any atom is 0.331 e. The zero-order valence-corrected chi connectivity index (χ0v) is 18.0. The van der Waals surface area contributed by atoms with Crippen LogP contribution >= 0.6 is 11.3 Å². The van der Waals surface area contributed by atoms with Crippen LogP contribution in [-0.2, 0) is 19.1 Å². The monoisotopic (exact) mass is 437 g/mol. The number of carbonyl (C=O) groups is 2. The summed E-state index contributed by atoms with van der Waals surface area (Å²) < 4.78 is 12.4. The van der Waals surface area contributed by atoms with Crippen LogP contribution in [0.5, 0.6) is 0 Å². The number of hydrogen-bond acceptors (Lipinski definition) is 6. The average molecular weight is 438 g/mol. The van der Waals surface area contributed by atoms with E-state index < -0.39 is 5.97 Å². The molecular weight excluding hydrogens is 414 g/mol. The van der Waals surface area contributed by atoms with E-state index in [0.29, 0.717) is 19.7 Å². The molecule has 3 aromatic rings. The average Bonchev–Trinajstić information content (AvgIpc) is 3.46. The summed E-state index contributed by atoms with van der Waals surface area (Å²) in [4.78, 5) is 27.1. The van der Waals surface area contributed by atoms with Gasteiger partial charge in [0.25, 0.3) is 5.91 Å². The van der Waals surface area contributed by atoms with Crippen molar-refractivity contribution in [1.82, 2.24) is 14.7 Å². The molecule has 1 saturated heterocycles. The van der Waals surface area contributed by atoms with Crippen LogP contribution in [0.15, 0.2) is 60.1 Å². The molecule has 1 unspecified atom stereocenters. The van der Waals surface area contributed by atoms with Crippen LogP contribution in [0.25, 0.3) is 22.3 Å². The molecule has 8 heteroatoms. The number of aromatic nitrogens is 2. The summed E-state index contributed by atoms with van der Waals surface area (Å²) in [7, 11) is 0. The van der Waals surface area contributed by atoms with Crippen LogP contribution in [-0.4, -0.2) is 59.0 Å². The molecule has 0 aliphatic carbocycles. The Morgan fingerprint density at radius 3 is 2.84 bits per heavy atom. The molecule has 3 heterocycles. The van der Waals surface area contributed by atoms with Crippen molar-refractivity contribution in [2.75, 3.05) is 26.3 Å². The number of nitrogens with zero attached hydrogens (tertiary/aromatic N) is 3. The summed E-state index contributed by atoms with van der Waals surface area (Å²) in [5, 5.41) is 6.68. The Labute approximate surface area is 184 Å². The first kappa shape index (κ1) is 21.0. The Morgan fingerprint density at radius 1 is 1.26 bits per heavy atom. The number of thiophene rings is 1. The van der Waals surface area contributed by atoms with Crippen LogP contribution < -0.4 is 0 Å². The van der Waals surface area contributed by atoms with Gasteiger partial charge in [-0.2, -0.15) is 5.10 Å². The van der Waals surface area contributed by atoms with E-state index in [4.69, 9.17) is 14.6 Å². The Bertz CT molecular complexity index is 1060. The normalized spacial score (nSPS) is 16.5. The highest BCUT2D eigenvalue weighted by Crippen LogP contribution is 2.28. The molecular formula is C23H23N3O4S. The highest BCUT2D eigenvalue weighted by atomic mass is 32.1. The van der Waals surface area contributed by atoms with Crippen LogP contribution in [0.3, 0.4) is 0 Å². The van der Waals surface area contributed by atoms with E-state index in [0.717, 1.165) is 21.8 Å². The third-order valence-electron chi connectivity index (χ3n) is 4.85. The second-order valence-corrected chi connectivity index (χ2v) is 8.10. The van der Waals surface area contributed by atoms with Gasteiger partial charge in [0.15, 0.2) is 6.61 Å². The zero-order valence-electron chi connectivity index (χ0n) is 17.1. The minimum atomic E-state index is -0.570. The molecule has 0 spiro atoms. The summed E-state index contributed by atoms with van der Waals surface area (Å²) >= 11 is 1.58. The van der Waals surface area contributed by atoms with Gasteiger partial charge in [-0.25, -0.2) is 9.48 Å². The molecule has 0 N–H and O–H groups in total. The van der Waals surface area contributed by atoms with Crippen molar-refractivity contribution in [3.63, 3.8) is 0 Å². The number of ether oxygens (including phenoxy) is 2. The van der Waals surface area contributed by atoms with Crippen LogP contribution in [0, 0.1) is 0 Å². The number of morpholine rings is 1. The predicted octanol–water partition coefficient (Wildman–Crippen LogP) is 3.40. The van der Waals surface area contributed by atoms with Crippen molar-refractivity contribution in [3.8, 4) is 16.3 Å². The molecule has 1 amide bonds. The van der Waals surface area contributed by atoms with Gasteiger partial charge < -0.3 is 14.4 Å². The standard InChI is InChI=1S/C23H23N3O4S/c1-17-14-25(11-12-29-17)21(27)16-30-22(28)10-9-18-15-26(19-6-3-2-4-7-19)24-23(18)20-8-5-13-31-20/h2-10,13,15,17H,11-12,14,16H2,1H3/b10-9+. The van der Waals surface area contributed by atoms with Gasteiger partial charge in [0, 0.05) is 30.9 Å². The first-order valence-electron chi connectivity index (χ1n) is 10.0. The summed E-state index contributed by atoms with van der Waals surface area (Å²) in [5.74, 6) is -0.785. The molecule has 1 fully saturated rings. The minimum Gasteiger partial charge on any atom is -0.452 e. The first-order chi connectivity index (χ1) is 15.1. The van der Waals surface area contributed by atoms with Crippen LogP contribution in [0.1, 0.15) is 12.5 Å². The van der Waals surface area contributed by atoms with Crippen molar-refractivity contribution < 1.29 is 19.1 Å². The Kier molecular flexibility index (Phi) is 6.59. The fourth-order valence-electron chi connectivity index (χ4n) is 3.30. The van der Waals surface area contributed by atoms with Crippen molar-refractivity contribution in [1.29, 1.82) is 0 Å². The molecule has 0 radical (unpaired) electrons. The van der Waals surface area contributed by atoms with Crippen molar-refractivity contribution in [3.05, 3.63) is 65.7 Å². The predicted molar refractivity (Wildman–Crippen MR) is 119 cm³/mol. The molecule has 160 valence electrons. The summed E-state index contributed by atoms with van der Waals surface area (Å²) in [6, 6.07) is 13.7. The maximum atomic E-state index is 12.2. The van der Waals surface area contributed by atoms with E-state index in [-0.39, 0.29) is 18.6 Å². The Morgan fingerprint density at radius 2 is 2.10 bits per heavy atom. The number of hydrogen-bond donors (Lipinski definition) is 0. The van der Waals surface area contributed by atoms with E-state index in [1.54, 1.807) is 27.0 Å². The number of benzene rings is 1. The van der Waals surface area contributed by atoms with Crippen molar-refractivity contribution in [2.45, 2.75) is 13.0 Å². The molecule has 31 heavy (non-hydrogen) atoms. The first-order valence-corrected chi connectivity index (χ1v) is 10.9. The lowest BCUT2D eigenvalue weighted by Crippen LogP contribution is -2.46. The second kappa shape index (κ2) is 9.72. The number of rotatable bonds is 6. The molecule has 1 aliphatic rings. The molecule has 0 bridgehead atoms. The third-order valence-corrected chi connectivity index (χ3v) is 5.73. The van der Waals surface area contributed by atoms with E-state index >= 15 is 0 Å². The summed E-state index contributed by atoms with van der Waals surface area (Å²) in [6.45, 7) is 3.15. The molecule has 1 atom stereocenters. The Hall–Kier alpha value is -3.23. The van der Waals surface area contributed by atoms with E-state index in [1.807, 2.05) is 61.0 Å². The van der Waals surface area contributed by atoms with Gasteiger partial charge in [0.2, 0.25) is 0 Å². The van der Waals surface area contributed by atoms with Crippen LogP contribution in [0.2, 0.25) is 0 Å². The molecule has 1 aliphatic heterocycles. The minimum absolute atomic E-state index is 0.00915. The SMILES string of the molecule is CC1CN(C(=O)COC(=O)/C=C/c2cn(-c3ccccc3)nc2-c2cccs2)CCO1. The fraction of sp³-hybridized carbons (Fsp3) is 0.261. The highest BCUT2D eigenvalue weighted by molar-refractivity contribution is 7.13. The van der Waals surface area contributed by atoms with Gasteiger partial charge in [0.05, 0.1) is 23.3 Å². The lowest BCUT2D eigenvalue weighted by molar-refractivity contribution is -0.151. The van der Waals surface area contributed by atoms with E-state index in [2.05, 4.69) is 0 Å². The van der Waals surface area contributed by atoms with E-state index in [1.165, 1.54) is 6.08 Å². The molecule has 1 aromatic carbocycles. The van der Waals surface area contributed by atoms with Crippen molar-refractivity contribution >= 4 is 29.3 Å². The zero-order chi connectivity index (χ0) is 21.6. The number of esters is 1. The lowest BCUT2D eigenvalue weighted by atomic mass is 10.2. The number of carbonyl (C=O) groups excluding carboxylic acids is 2. The van der Waals surface area contributed by atoms with E-state index in [9.17, 15) is 9.59 Å². The maximum absolute atomic E-state index is 12.2. The molecule has 0 saturated carbocycles. The van der Waals surface area contributed by atoms with Gasteiger partial charge in [0.1, 0.15) is 5.69 Å². The quantitative estimate of drug-likeness (QED) is 0.437. The molecule has 7 nitrogen and oxygen atoms in total. The van der Waals surface area contributed by atoms with Gasteiger partial charge >= 0.3 is 5.97 Å². The number of para-hydroxylation sites is 1. The van der Waals surface area contributed by atoms with Gasteiger partial charge in [-0.1, -0.05) is 24.3 Å². The number of amides is 1. The summed E-state index contributed by atoms with van der Waals surface area (Å²) in [5.41, 5.74) is 2.49. The van der Waals surface area contributed by atoms with Crippen molar-refractivity contribution in [2.24, 2.45) is 0 Å². The second-order valence-electron chi connectivity index (χ2n) is 7.15. The topological polar surface area (TPSA) is 73.7 Å². The van der Waals surface area contributed by atoms with Gasteiger partial charge in [-0.15, -0.1) is 11.3 Å². The highest BCUT2D eigenvalue weighted by Gasteiger charge is 2.22.